The standard InChI is InChI=1S/C21H18ClFN4O/c1-12(13-7-15(22)10-16(23)8-13)14-9-19(26-25-11-14)20-17-4-6-27(2)21(28)18(17)3-5-24-20/h3,5,7-12H,4,6H2,1-2H3. The molecule has 1 aliphatic heterocycles. The summed E-state index contributed by atoms with van der Waals surface area (Å²) in [5.41, 5.74) is 4.42. The Morgan fingerprint density at radius 1 is 1.21 bits per heavy atom. The van der Waals surface area contributed by atoms with E-state index in [0.717, 1.165) is 16.7 Å². The maximum absolute atomic E-state index is 13.7. The van der Waals surface area contributed by atoms with Crippen LogP contribution in [0.2, 0.25) is 5.02 Å². The van der Waals surface area contributed by atoms with Crippen molar-refractivity contribution in [3.8, 4) is 11.4 Å². The molecule has 3 aromatic rings. The zero-order valence-corrected chi connectivity index (χ0v) is 16.2. The van der Waals surface area contributed by atoms with Gasteiger partial charge in [0.05, 0.1) is 11.9 Å². The van der Waals surface area contributed by atoms with Crippen LogP contribution in [0.1, 0.15) is 39.9 Å². The highest BCUT2D eigenvalue weighted by Crippen LogP contribution is 2.31. The van der Waals surface area contributed by atoms with Crippen molar-refractivity contribution in [1.82, 2.24) is 20.1 Å². The number of benzene rings is 1. The Balaban J connectivity index is 1.75. The molecular weight excluding hydrogens is 379 g/mol. The summed E-state index contributed by atoms with van der Waals surface area (Å²) >= 11 is 6.00. The lowest BCUT2D eigenvalue weighted by Crippen LogP contribution is -2.34. The number of aromatic nitrogens is 3. The lowest BCUT2D eigenvalue weighted by molar-refractivity contribution is 0.0781. The number of fused-ring (bicyclic) bond motifs is 1. The van der Waals surface area contributed by atoms with Crippen LogP contribution in [0.4, 0.5) is 4.39 Å². The number of pyridine rings is 1. The van der Waals surface area contributed by atoms with Crippen LogP contribution in [0.5, 0.6) is 0 Å². The monoisotopic (exact) mass is 396 g/mol. The van der Waals surface area contributed by atoms with Crippen LogP contribution in [0.3, 0.4) is 0 Å². The van der Waals surface area contributed by atoms with E-state index in [9.17, 15) is 9.18 Å². The van der Waals surface area contributed by atoms with Crippen LogP contribution in [0.25, 0.3) is 11.4 Å². The van der Waals surface area contributed by atoms with Crippen molar-refractivity contribution in [2.45, 2.75) is 19.3 Å². The van der Waals surface area contributed by atoms with Gasteiger partial charge in [-0.3, -0.25) is 9.78 Å². The fourth-order valence-electron chi connectivity index (χ4n) is 3.51. The Bertz CT molecular complexity index is 1050. The molecule has 0 spiro atoms. The summed E-state index contributed by atoms with van der Waals surface area (Å²) in [7, 11) is 1.79. The number of carbonyl (C=O) groups is 1. The van der Waals surface area contributed by atoms with Gasteiger partial charge in [-0.05, 0) is 53.4 Å². The number of nitrogens with zero attached hydrogens (tertiary/aromatic N) is 4. The van der Waals surface area contributed by atoms with Crippen LogP contribution in [0, 0.1) is 5.82 Å². The topological polar surface area (TPSA) is 59.0 Å². The molecule has 1 aromatic carbocycles. The van der Waals surface area contributed by atoms with E-state index < -0.39 is 0 Å². The number of hydrogen-bond donors (Lipinski definition) is 0. The second-order valence-corrected chi connectivity index (χ2v) is 7.40. The van der Waals surface area contributed by atoms with Gasteiger partial charge in [-0.1, -0.05) is 18.5 Å². The molecule has 0 saturated heterocycles. The molecule has 7 heteroatoms. The van der Waals surface area contributed by atoms with Gasteiger partial charge in [0.1, 0.15) is 11.5 Å². The average Bonchev–Trinajstić information content (AvgIpc) is 2.69. The molecule has 4 rings (SSSR count). The lowest BCUT2D eigenvalue weighted by atomic mass is 9.92. The van der Waals surface area contributed by atoms with Crippen LogP contribution < -0.4 is 0 Å². The molecule has 1 amide bonds. The van der Waals surface area contributed by atoms with Crippen molar-refractivity contribution < 1.29 is 9.18 Å². The number of rotatable bonds is 3. The second-order valence-electron chi connectivity index (χ2n) is 6.96. The molecule has 0 fully saturated rings. The van der Waals surface area contributed by atoms with Crippen LogP contribution in [-0.4, -0.2) is 39.6 Å². The Morgan fingerprint density at radius 3 is 2.82 bits per heavy atom. The van der Waals surface area contributed by atoms with E-state index in [0.29, 0.717) is 34.9 Å². The van der Waals surface area contributed by atoms with Crippen molar-refractivity contribution in [2.24, 2.45) is 0 Å². The molecule has 0 saturated carbocycles. The number of likely N-dealkylation sites (N-methyl/N-ethyl adjacent to an activating group) is 1. The number of amides is 1. The minimum atomic E-state index is -0.377. The van der Waals surface area contributed by atoms with Crippen molar-refractivity contribution in [1.29, 1.82) is 0 Å². The molecular formula is C21H18ClFN4O. The molecule has 1 atom stereocenters. The van der Waals surface area contributed by atoms with E-state index in [1.807, 2.05) is 13.0 Å². The SMILES string of the molecule is CC(c1cc(F)cc(Cl)c1)c1cnnc(-c2nccc3c2CCN(C)C3=O)c1. The summed E-state index contributed by atoms with van der Waals surface area (Å²) in [4.78, 5) is 18.6. The molecule has 0 N–H and O–H groups in total. The van der Waals surface area contributed by atoms with E-state index in [1.165, 1.54) is 12.1 Å². The quantitative estimate of drug-likeness (QED) is 0.668. The van der Waals surface area contributed by atoms with E-state index >= 15 is 0 Å². The fourth-order valence-corrected chi connectivity index (χ4v) is 3.74. The molecule has 5 nitrogen and oxygen atoms in total. The highest BCUT2D eigenvalue weighted by atomic mass is 35.5. The molecule has 0 aliphatic carbocycles. The van der Waals surface area contributed by atoms with Crippen LogP contribution in [0.15, 0.2) is 42.7 Å². The normalized spacial score (nSPS) is 14.7. The highest BCUT2D eigenvalue weighted by Gasteiger charge is 2.25. The third kappa shape index (κ3) is 3.36. The summed E-state index contributed by atoms with van der Waals surface area (Å²) < 4.78 is 13.7. The first-order valence-electron chi connectivity index (χ1n) is 8.96. The summed E-state index contributed by atoms with van der Waals surface area (Å²) in [6.07, 6.45) is 3.98. The molecule has 1 aliphatic rings. The largest absolute Gasteiger partial charge is 0.341 e. The molecule has 2 aromatic heterocycles. The molecule has 1 unspecified atom stereocenters. The van der Waals surface area contributed by atoms with E-state index in [1.54, 1.807) is 36.5 Å². The zero-order valence-electron chi connectivity index (χ0n) is 15.5. The smallest absolute Gasteiger partial charge is 0.254 e. The van der Waals surface area contributed by atoms with E-state index in [-0.39, 0.29) is 17.6 Å². The van der Waals surface area contributed by atoms with E-state index in [4.69, 9.17) is 11.6 Å². The van der Waals surface area contributed by atoms with Crippen molar-refractivity contribution in [3.63, 3.8) is 0 Å². The zero-order chi connectivity index (χ0) is 19.8. The molecule has 0 radical (unpaired) electrons. The first-order chi connectivity index (χ1) is 13.4. The van der Waals surface area contributed by atoms with Gasteiger partial charge in [0, 0.05) is 36.3 Å². The van der Waals surface area contributed by atoms with Crippen LogP contribution in [-0.2, 0) is 6.42 Å². The van der Waals surface area contributed by atoms with E-state index in [2.05, 4.69) is 15.2 Å². The Labute approximate surface area is 167 Å². The van der Waals surface area contributed by atoms with Gasteiger partial charge in [0.15, 0.2) is 0 Å². The predicted molar refractivity (Wildman–Crippen MR) is 105 cm³/mol. The maximum atomic E-state index is 13.7. The van der Waals surface area contributed by atoms with Crippen molar-refractivity contribution >= 4 is 17.5 Å². The van der Waals surface area contributed by atoms with Crippen LogP contribution >= 0.6 is 11.6 Å². The lowest BCUT2D eigenvalue weighted by Gasteiger charge is -2.25. The average molecular weight is 397 g/mol. The third-order valence-electron chi connectivity index (χ3n) is 5.13. The molecule has 142 valence electrons. The van der Waals surface area contributed by atoms with Gasteiger partial charge in [0.25, 0.3) is 5.91 Å². The van der Waals surface area contributed by atoms with Gasteiger partial charge in [0.2, 0.25) is 0 Å². The molecule has 0 bridgehead atoms. The minimum absolute atomic E-state index is 0.0169. The number of carbonyl (C=O) groups excluding carboxylic acids is 1. The Hall–Kier alpha value is -2.86. The maximum Gasteiger partial charge on any atom is 0.254 e. The molecule has 28 heavy (non-hydrogen) atoms. The van der Waals surface area contributed by atoms with Gasteiger partial charge in [-0.25, -0.2) is 4.39 Å². The summed E-state index contributed by atoms with van der Waals surface area (Å²) in [6, 6.07) is 8.12. The summed E-state index contributed by atoms with van der Waals surface area (Å²) in [5, 5.41) is 8.71. The number of hydrogen-bond acceptors (Lipinski definition) is 4. The highest BCUT2D eigenvalue weighted by molar-refractivity contribution is 6.30. The first kappa shape index (κ1) is 18.5. The number of halogens is 2. The van der Waals surface area contributed by atoms with Gasteiger partial charge in [-0.2, -0.15) is 5.10 Å². The van der Waals surface area contributed by atoms with Gasteiger partial charge < -0.3 is 4.90 Å². The Morgan fingerprint density at radius 2 is 2.04 bits per heavy atom. The minimum Gasteiger partial charge on any atom is -0.341 e. The predicted octanol–water partition coefficient (Wildman–Crippen LogP) is 4.11. The Kier molecular flexibility index (Phi) is 4.81. The third-order valence-corrected chi connectivity index (χ3v) is 5.35. The van der Waals surface area contributed by atoms with Crippen molar-refractivity contribution in [3.05, 3.63) is 75.8 Å². The first-order valence-corrected chi connectivity index (χ1v) is 9.34. The fraction of sp³-hybridized carbons (Fsp3) is 0.238. The van der Waals surface area contributed by atoms with Gasteiger partial charge >= 0.3 is 0 Å². The summed E-state index contributed by atoms with van der Waals surface area (Å²) in [5.74, 6) is -0.524. The van der Waals surface area contributed by atoms with Gasteiger partial charge in [-0.15, -0.1) is 5.10 Å². The van der Waals surface area contributed by atoms with Crippen molar-refractivity contribution in [2.75, 3.05) is 13.6 Å². The summed E-state index contributed by atoms with van der Waals surface area (Å²) in [6.45, 7) is 2.59. The second kappa shape index (κ2) is 7.28. The molecule has 3 heterocycles.